The van der Waals surface area contributed by atoms with Gasteiger partial charge in [0.1, 0.15) is 24.2 Å². The molecule has 19 heteroatoms. The number of ketones is 1. The zero-order valence-corrected chi connectivity index (χ0v) is 32.1. The number of carbonyl (C=O) groups excluding carboxylic acids is 8. The second-order valence-corrected chi connectivity index (χ2v) is 14.9. The second-order valence-electron chi connectivity index (χ2n) is 14.9. The number of amides is 7. The van der Waals surface area contributed by atoms with Gasteiger partial charge in [-0.05, 0) is 56.9 Å². The highest BCUT2D eigenvalue weighted by molar-refractivity contribution is 6.36. The molecule has 0 bridgehead atoms. The second kappa shape index (κ2) is 21.2. The number of pyridine rings is 1. The number of aliphatic hydroxyl groups excluding tert-OH is 1. The van der Waals surface area contributed by atoms with Gasteiger partial charge in [0.2, 0.25) is 35.3 Å². The van der Waals surface area contributed by atoms with Crippen molar-refractivity contribution in [3.8, 4) is 0 Å². The number of carbonyl (C=O) groups is 9. The molecule has 1 aromatic heterocycles. The lowest BCUT2D eigenvalue weighted by atomic mass is 9.81. The van der Waals surface area contributed by atoms with Crippen LogP contribution in [-0.2, 0) is 33.6 Å². The molecule has 0 spiro atoms. The summed E-state index contributed by atoms with van der Waals surface area (Å²) < 4.78 is 0. The van der Waals surface area contributed by atoms with Gasteiger partial charge in [0.15, 0.2) is 0 Å². The monoisotopic (exact) mass is 798 g/mol. The molecule has 2 saturated carbocycles. The van der Waals surface area contributed by atoms with Gasteiger partial charge in [0.25, 0.3) is 11.8 Å². The number of Topliss-reactive ketones (excluding diaryl/α,β-unsaturated/α-hetero) is 1. The summed E-state index contributed by atoms with van der Waals surface area (Å²) in [5.74, 6) is -8.25. The fourth-order valence-electron chi connectivity index (χ4n) is 7.89. The van der Waals surface area contributed by atoms with Crippen molar-refractivity contribution in [3.63, 3.8) is 0 Å². The van der Waals surface area contributed by atoms with Crippen molar-refractivity contribution < 1.29 is 53.4 Å². The number of carboxylic acids is 1. The maximum atomic E-state index is 13.9. The molecule has 1 saturated heterocycles. The van der Waals surface area contributed by atoms with Crippen LogP contribution in [0.15, 0.2) is 18.5 Å². The Labute approximate surface area is 330 Å². The number of rotatable bonds is 18. The first-order valence-electron chi connectivity index (χ1n) is 19.7. The third-order valence-corrected chi connectivity index (χ3v) is 10.9. The van der Waals surface area contributed by atoms with Crippen LogP contribution in [0.1, 0.15) is 111 Å². The van der Waals surface area contributed by atoms with Gasteiger partial charge < -0.3 is 47.4 Å². The lowest BCUT2D eigenvalue weighted by Gasteiger charge is -2.34. The van der Waals surface area contributed by atoms with Gasteiger partial charge in [0.05, 0.1) is 23.8 Å². The summed E-state index contributed by atoms with van der Waals surface area (Å²) in [5, 5.41) is 32.8. The number of likely N-dealkylation sites (N-methyl/N-ethyl adjacent to an activating group) is 1. The molecule has 57 heavy (non-hydrogen) atoms. The van der Waals surface area contributed by atoms with Crippen molar-refractivity contribution in [2.24, 2.45) is 17.6 Å². The summed E-state index contributed by atoms with van der Waals surface area (Å²) in [7, 11) is 0. The standard InChI is InChI=1S/C38H54N8O11/c1-2-41-36(54)28(48)14-13-26(43-33(51)24-15-16-40-18-25(24)38(56)57)34(52)42-19-29(49)46-20-23(47)17-27(46)35(53)45-31(22-11-7-4-8-12-22)37(55)44-30(32(39)50)21-9-5-3-6-10-21/h15-16,18,21-23,26-27,30-31,47H,2-14,17,19-20H2,1H3,(H2,39,50)(H,41,54)(H,42,52)(H,43,51)(H,44,55)(H,45,53)(H,56,57)/t23?,26-,27-,30-,31-/m0/s1. The molecule has 7 amide bonds. The number of likely N-dealkylation sites (tertiary alicyclic amines) is 1. The van der Waals surface area contributed by atoms with Crippen molar-refractivity contribution >= 4 is 53.1 Å². The van der Waals surface area contributed by atoms with Gasteiger partial charge >= 0.3 is 5.97 Å². The minimum atomic E-state index is -1.52. The number of hydrogen-bond acceptors (Lipinski definition) is 11. The largest absolute Gasteiger partial charge is 0.478 e. The molecule has 0 radical (unpaired) electrons. The molecule has 0 aromatic carbocycles. The Kier molecular flexibility index (Phi) is 16.4. The van der Waals surface area contributed by atoms with Crippen molar-refractivity contribution in [2.75, 3.05) is 19.6 Å². The number of nitrogens with zero attached hydrogens (tertiary/aromatic N) is 2. The molecule has 1 aromatic rings. The maximum absolute atomic E-state index is 13.9. The van der Waals surface area contributed by atoms with Crippen molar-refractivity contribution in [2.45, 2.75) is 121 Å². The van der Waals surface area contributed by atoms with E-state index < -0.39 is 108 Å². The van der Waals surface area contributed by atoms with Gasteiger partial charge in [0, 0.05) is 38.3 Å². The molecular formula is C38H54N8O11. The predicted molar refractivity (Wildman–Crippen MR) is 201 cm³/mol. The summed E-state index contributed by atoms with van der Waals surface area (Å²) in [6.07, 6.45) is 8.22. The number of nitrogens with one attached hydrogen (secondary N) is 5. The van der Waals surface area contributed by atoms with E-state index in [-0.39, 0.29) is 36.9 Å². The molecule has 5 atom stereocenters. The van der Waals surface area contributed by atoms with Crippen LogP contribution in [-0.4, -0.2) is 123 Å². The highest BCUT2D eigenvalue weighted by Gasteiger charge is 2.42. The van der Waals surface area contributed by atoms with Gasteiger partial charge in [-0.25, -0.2) is 4.79 Å². The molecule has 4 rings (SSSR count). The van der Waals surface area contributed by atoms with E-state index in [1.807, 2.05) is 0 Å². The van der Waals surface area contributed by atoms with Crippen molar-refractivity contribution in [1.82, 2.24) is 36.5 Å². The van der Waals surface area contributed by atoms with E-state index in [0.29, 0.717) is 12.8 Å². The van der Waals surface area contributed by atoms with E-state index >= 15 is 0 Å². The highest BCUT2D eigenvalue weighted by atomic mass is 16.4. The summed E-state index contributed by atoms with van der Waals surface area (Å²) in [5.41, 5.74) is 4.94. The average Bonchev–Trinajstić information content (AvgIpc) is 3.61. The molecule has 2 heterocycles. The van der Waals surface area contributed by atoms with Crippen LogP contribution in [0, 0.1) is 11.8 Å². The predicted octanol–water partition coefficient (Wildman–Crippen LogP) is -0.943. The normalized spacial score (nSPS) is 20.3. The van der Waals surface area contributed by atoms with Crippen LogP contribution in [0.5, 0.6) is 0 Å². The topological polar surface area (TPSA) is 296 Å². The minimum absolute atomic E-state index is 0.122. The maximum Gasteiger partial charge on any atom is 0.338 e. The summed E-state index contributed by atoms with van der Waals surface area (Å²) in [6, 6.07) is -3.56. The molecule has 2 aliphatic carbocycles. The Morgan fingerprint density at radius 1 is 0.842 bits per heavy atom. The number of primary amides is 1. The minimum Gasteiger partial charge on any atom is -0.478 e. The van der Waals surface area contributed by atoms with E-state index in [2.05, 4.69) is 31.6 Å². The average molecular weight is 799 g/mol. The van der Waals surface area contributed by atoms with E-state index in [1.165, 1.54) is 6.20 Å². The van der Waals surface area contributed by atoms with E-state index in [1.54, 1.807) is 6.92 Å². The van der Waals surface area contributed by atoms with E-state index in [9.17, 15) is 53.4 Å². The molecule has 19 nitrogen and oxygen atoms in total. The Balaban J connectivity index is 1.46. The molecule has 3 fully saturated rings. The quantitative estimate of drug-likeness (QED) is 0.0835. The van der Waals surface area contributed by atoms with Crippen molar-refractivity contribution in [3.05, 3.63) is 29.6 Å². The Morgan fingerprint density at radius 3 is 2.07 bits per heavy atom. The van der Waals surface area contributed by atoms with Crippen LogP contribution < -0.4 is 32.3 Å². The molecule has 1 unspecified atom stereocenters. The SMILES string of the molecule is CCNC(=O)C(=O)CC[C@H](NC(=O)c1ccncc1C(=O)O)C(=O)NCC(=O)N1CC(O)C[C@H]1C(=O)N[C@H](C(=O)N[C@H](C(N)=O)C1CCCCC1)C1CCCCC1. The first-order valence-corrected chi connectivity index (χ1v) is 19.7. The zero-order valence-electron chi connectivity index (χ0n) is 32.1. The molecule has 9 N–H and O–H groups in total. The van der Waals surface area contributed by atoms with Crippen LogP contribution in [0.25, 0.3) is 0 Å². The lowest BCUT2D eigenvalue weighted by molar-refractivity contribution is -0.140. The van der Waals surface area contributed by atoms with Gasteiger partial charge in [-0.2, -0.15) is 0 Å². The van der Waals surface area contributed by atoms with Gasteiger partial charge in [-0.3, -0.25) is 43.3 Å². The molecule has 3 aliphatic rings. The van der Waals surface area contributed by atoms with E-state index in [4.69, 9.17) is 5.73 Å². The van der Waals surface area contributed by atoms with Crippen LogP contribution in [0.3, 0.4) is 0 Å². The van der Waals surface area contributed by atoms with Crippen LogP contribution in [0.4, 0.5) is 0 Å². The molecule has 1 aliphatic heterocycles. The fraction of sp³-hybridized carbons (Fsp3) is 0.632. The smallest absolute Gasteiger partial charge is 0.338 e. The number of hydrogen-bond donors (Lipinski definition) is 8. The highest BCUT2D eigenvalue weighted by Crippen LogP contribution is 2.29. The zero-order chi connectivity index (χ0) is 41.6. The van der Waals surface area contributed by atoms with Crippen LogP contribution >= 0.6 is 0 Å². The van der Waals surface area contributed by atoms with Gasteiger partial charge in [-0.1, -0.05) is 38.5 Å². The molecule has 312 valence electrons. The first kappa shape index (κ1) is 44.3. The number of carboxylic acid groups (broad SMARTS) is 1. The number of β-amino-alcohol motifs (C(OH)–C–C–N with tert-alkyl or cyclic N) is 1. The number of aliphatic hydroxyl groups is 1. The third-order valence-electron chi connectivity index (χ3n) is 10.9. The summed E-state index contributed by atoms with van der Waals surface area (Å²) in [6.45, 7) is 0.796. The third kappa shape index (κ3) is 12.3. The van der Waals surface area contributed by atoms with Gasteiger partial charge in [-0.15, -0.1) is 0 Å². The van der Waals surface area contributed by atoms with E-state index in [0.717, 1.165) is 68.5 Å². The lowest BCUT2D eigenvalue weighted by Crippen LogP contribution is -2.60. The number of aromatic nitrogens is 1. The van der Waals surface area contributed by atoms with Crippen molar-refractivity contribution in [1.29, 1.82) is 0 Å². The number of nitrogens with two attached hydrogens (primary N) is 1. The summed E-state index contributed by atoms with van der Waals surface area (Å²) in [4.78, 5) is 121. The Bertz CT molecular complexity index is 1680. The first-order chi connectivity index (χ1) is 27.2. The summed E-state index contributed by atoms with van der Waals surface area (Å²) >= 11 is 0. The molecular weight excluding hydrogens is 744 g/mol. The fourth-order valence-corrected chi connectivity index (χ4v) is 7.89. The Morgan fingerprint density at radius 2 is 1.47 bits per heavy atom. The Hall–Kier alpha value is -5.46. The van der Waals surface area contributed by atoms with Crippen LogP contribution in [0.2, 0.25) is 0 Å². The number of aromatic carboxylic acids is 1.